The number of nitrogens with zero attached hydrogens (tertiary/aromatic N) is 1. The van der Waals surface area contributed by atoms with E-state index in [2.05, 4.69) is 5.32 Å². The molecule has 1 saturated heterocycles. The summed E-state index contributed by atoms with van der Waals surface area (Å²) in [5.74, 6) is 0.203. The Labute approximate surface area is 165 Å². The largest absolute Gasteiger partial charge is 0.486 e. The second kappa shape index (κ2) is 7.29. The van der Waals surface area contributed by atoms with E-state index in [9.17, 15) is 9.59 Å². The van der Waals surface area contributed by atoms with Gasteiger partial charge in [0.2, 0.25) is 11.8 Å². The molecule has 8 heteroatoms. The molecule has 1 atom stereocenters. The molecule has 6 nitrogen and oxygen atoms in total. The first-order chi connectivity index (χ1) is 13.0. The van der Waals surface area contributed by atoms with Crippen molar-refractivity contribution in [3.63, 3.8) is 0 Å². The van der Waals surface area contributed by atoms with Crippen molar-refractivity contribution >= 4 is 46.4 Å². The molecular weight excluding hydrogens is 391 g/mol. The van der Waals surface area contributed by atoms with Crippen LogP contribution in [0.1, 0.15) is 6.42 Å². The Balaban J connectivity index is 1.49. The number of hydrogen-bond donors (Lipinski definition) is 1. The van der Waals surface area contributed by atoms with E-state index < -0.39 is 5.92 Å². The van der Waals surface area contributed by atoms with Crippen LogP contribution < -0.4 is 19.7 Å². The van der Waals surface area contributed by atoms with E-state index in [0.717, 1.165) is 0 Å². The Morgan fingerprint density at radius 2 is 1.85 bits per heavy atom. The van der Waals surface area contributed by atoms with Gasteiger partial charge in [-0.2, -0.15) is 0 Å². The monoisotopic (exact) mass is 406 g/mol. The maximum atomic E-state index is 12.7. The number of halogens is 2. The van der Waals surface area contributed by atoms with Gasteiger partial charge in [0.05, 0.1) is 16.6 Å². The van der Waals surface area contributed by atoms with Crippen LogP contribution in [-0.2, 0) is 9.59 Å². The van der Waals surface area contributed by atoms with Gasteiger partial charge in [0.25, 0.3) is 0 Å². The number of amides is 2. The summed E-state index contributed by atoms with van der Waals surface area (Å²) < 4.78 is 11.0. The first-order valence-corrected chi connectivity index (χ1v) is 9.23. The number of carbonyl (C=O) groups is 2. The summed E-state index contributed by atoms with van der Waals surface area (Å²) in [6.07, 6.45) is 0.126. The molecule has 1 N–H and O–H groups in total. The topological polar surface area (TPSA) is 67.9 Å². The summed E-state index contributed by atoms with van der Waals surface area (Å²) in [6.45, 7) is 1.18. The summed E-state index contributed by atoms with van der Waals surface area (Å²) in [5, 5.41) is 3.68. The van der Waals surface area contributed by atoms with Crippen LogP contribution in [0, 0.1) is 5.92 Å². The van der Waals surface area contributed by atoms with Crippen LogP contribution in [-0.4, -0.2) is 31.6 Å². The lowest BCUT2D eigenvalue weighted by molar-refractivity contribution is -0.122. The van der Waals surface area contributed by atoms with E-state index in [-0.39, 0.29) is 24.8 Å². The highest BCUT2D eigenvalue weighted by atomic mass is 35.5. The van der Waals surface area contributed by atoms with E-state index in [4.69, 9.17) is 32.7 Å². The van der Waals surface area contributed by atoms with Crippen molar-refractivity contribution in [3.05, 3.63) is 46.4 Å². The Bertz CT molecular complexity index is 919. The molecule has 0 aliphatic carbocycles. The van der Waals surface area contributed by atoms with Gasteiger partial charge in [-0.15, -0.1) is 0 Å². The van der Waals surface area contributed by atoms with Crippen molar-refractivity contribution in [1.29, 1.82) is 0 Å². The molecule has 0 radical (unpaired) electrons. The third-order valence-corrected chi connectivity index (χ3v) is 5.05. The minimum absolute atomic E-state index is 0.120. The number of rotatable bonds is 3. The maximum absolute atomic E-state index is 12.7. The van der Waals surface area contributed by atoms with Gasteiger partial charge in [-0.05, 0) is 18.2 Å². The van der Waals surface area contributed by atoms with Crippen LogP contribution in [0.3, 0.4) is 0 Å². The zero-order valence-corrected chi connectivity index (χ0v) is 15.7. The number of anilines is 2. The average Bonchev–Trinajstić information content (AvgIpc) is 3.04. The quantitative estimate of drug-likeness (QED) is 0.842. The normalized spacial score (nSPS) is 18.5. The Hall–Kier alpha value is -2.44. The fraction of sp³-hybridized carbons (Fsp3) is 0.263. The minimum Gasteiger partial charge on any atom is -0.486 e. The number of fused-ring (bicyclic) bond motifs is 1. The smallest absolute Gasteiger partial charge is 0.229 e. The first kappa shape index (κ1) is 17.9. The molecule has 27 heavy (non-hydrogen) atoms. The second-order valence-electron chi connectivity index (χ2n) is 6.35. The van der Waals surface area contributed by atoms with Gasteiger partial charge >= 0.3 is 0 Å². The zero-order valence-electron chi connectivity index (χ0n) is 14.2. The van der Waals surface area contributed by atoms with E-state index in [1.54, 1.807) is 41.3 Å². The lowest BCUT2D eigenvalue weighted by atomic mass is 10.1. The molecular formula is C19H16Cl2N2O4. The average molecular weight is 407 g/mol. The van der Waals surface area contributed by atoms with Crippen LogP contribution in [0.4, 0.5) is 11.4 Å². The van der Waals surface area contributed by atoms with Crippen molar-refractivity contribution in [1.82, 2.24) is 0 Å². The molecule has 0 bridgehead atoms. The Morgan fingerprint density at radius 3 is 2.59 bits per heavy atom. The predicted octanol–water partition coefficient (Wildman–Crippen LogP) is 3.76. The molecule has 2 aliphatic heterocycles. The molecule has 4 rings (SSSR count). The van der Waals surface area contributed by atoms with Crippen molar-refractivity contribution in [2.45, 2.75) is 6.42 Å². The maximum Gasteiger partial charge on any atom is 0.229 e. The van der Waals surface area contributed by atoms with Gasteiger partial charge in [-0.25, -0.2) is 0 Å². The number of hydrogen-bond acceptors (Lipinski definition) is 4. The van der Waals surface area contributed by atoms with E-state index in [1.807, 2.05) is 0 Å². The first-order valence-electron chi connectivity index (χ1n) is 8.47. The van der Waals surface area contributed by atoms with Crippen LogP contribution >= 0.6 is 23.2 Å². The SMILES string of the molecule is O=C(Nc1cc2c(cc1Cl)OCCO2)C1CC(=O)N(c2cccc(Cl)c2)C1. The molecule has 0 aromatic heterocycles. The molecule has 2 heterocycles. The Morgan fingerprint density at radius 1 is 1.11 bits per heavy atom. The minimum atomic E-state index is -0.485. The van der Waals surface area contributed by atoms with Crippen LogP contribution in [0.2, 0.25) is 10.0 Å². The summed E-state index contributed by atoms with van der Waals surface area (Å²) in [5.41, 5.74) is 1.11. The van der Waals surface area contributed by atoms with E-state index >= 15 is 0 Å². The summed E-state index contributed by atoms with van der Waals surface area (Å²) in [7, 11) is 0. The highest BCUT2D eigenvalue weighted by molar-refractivity contribution is 6.34. The highest BCUT2D eigenvalue weighted by Crippen LogP contribution is 2.38. The fourth-order valence-corrected chi connectivity index (χ4v) is 3.56. The summed E-state index contributed by atoms with van der Waals surface area (Å²) in [4.78, 5) is 26.6. The molecule has 2 aromatic carbocycles. The molecule has 2 aliphatic rings. The molecule has 2 amide bonds. The molecule has 0 saturated carbocycles. The molecule has 2 aromatic rings. The third kappa shape index (κ3) is 3.68. The van der Waals surface area contributed by atoms with Crippen LogP contribution in [0.15, 0.2) is 36.4 Å². The van der Waals surface area contributed by atoms with E-state index in [0.29, 0.717) is 46.1 Å². The molecule has 140 valence electrons. The number of nitrogens with one attached hydrogen (secondary N) is 1. The van der Waals surface area contributed by atoms with Crippen molar-refractivity contribution in [3.8, 4) is 11.5 Å². The van der Waals surface area contributed by atoms with Gasteiger partial charge in [0, 0.05) is 35.8 Å². The van der Waals surface area contributed by atoms with Crippen LogP contribution in [0.5, 0.6) is 11.5 Å². The summed E-state index contributed by atoms with van der Waals surface area (Å²) >= 11 is 12.2. The zero-order chi connectivity index (χ0) is 19.0. The molecule has 0 spiro atoms. The van der Waals surface area contributed by atoms with Gasteiger partial charge < -0.3 is 19.7 Å². The molecule has 1 unspecified atom stereocenters. The van der Waals surface area contributed by atoms with Crippen molar-refractivity contribution < 1.29 is 19.1 Å². The summed E-state index contributed by atoms with van der Waals surface area (Å²) in [6, 6.07) is 10.3. The third-order valence-electron chi connectivity index (χ3n) is 4.51. The van der Waals surface area contributed by atoms with Gasteiger partial charge in [-0.1, -0.05) is 29.3 Å². The Kier molecular flexibility index (Phi) is 4.85. The number of ether oxygens (including phenoxy) is 2. The fourth-order valence-electron chi connectivity index (χ4n) is 3.17. The van der Waals surface area contributed by atoms with Gasteiger partial charge in [-0.3, -0.25) is 9.59 Å². The second-order valence-corrected chi connectivity index (χ2v) is 7.19. The van der Waals surface area contributed by atoms with Gasteiger partial charge in [0.15, 0.2) is 11.5 Å². The van der Waals surface area contributed by atoms with Gasteiger partial charge in [0.1, 0.15) is 13.2 Å². The lowest BCUT2D eigenvalue weighted by Crippen LogP contribution is -2.28. The standard InChI is InChI=1S/C19H16Cl2N2O4/c20-12-2-1-3-13(7-12)23-10-11(6-18(23)24)19(25)22-15-9-17-16(8-14(15)21)26-4-5-27-17/h1-3,7-9,11H,4-6,10H2,(H,22,25). The van der Waals surface area contributed by atoms with Crippen molar-refractivity contribution in [2.24, 2.45) is 5.92 Å². The molecule has 1 fully saturated rings. The highest BCUT2D eigenvalue weighted by Gasteiger charge is 2.35. The van der Waals surface area contributed by atoms with Crippen molar-refractivity contribution in [2.75, 3.05) is 30.0 Å². The number of carbonyl (C=O) groups excluding carboxylic acids is 2. The lowest BCUT2D eigenvalue weighted by Gasteiger charge is -2.20. The number of benzene rings is 2. The predicted molar refractivity (Wildman–Crippen MR) is 103 cm³/mol. The van der Waals surface area contributed by atoms with Crippen LogP contribution in [0.25, 0.3) is 0 Å². The van der Waals surface area contributed by atoms with E-state index in [1.165, 1.54) is 0 Å².